The fraction of sp³-hybridized carbons (Fsp3) is 0.182. The zero-order chi connectivity index (χ0) is 11.4. The van der Waals surface area contributed by atoms with Gasteiger partial charge in [-0.15, -0.1) is 0 Å². The van der Waals surface area contributed by atoms with E-state index in [-0.39, 0.29) is 0 Å². The van der Waals surface area contributed by atoms with Crippen LogP contribution in [0.25, 0.3) is 0 Å². The lowest BCUT2D eigenvalue weighted by Crippen LogP contribution is -2.19. The van der Waals surface area contributed by atoms with Crippen LogP contribution >= 0.6 is 11.6 Å². The van der Waals surface area contributed by atoms with Gasteiger partial charge in [0.05, 0.1) is 12.2 Å². The molecule has 0 radical (unpaired) electrons. The second-order valence-electron chi connectivity index (χ2n) is 3.35. The Balaban J connectivity index is 2.15. The molecule has 0 saturated carbocycles. The molecule has 2 rings (SSSR count). The monoisotopic (exact) mass is 234 g/mol. The third kappa shape index (κ3) is 2.46. The maximum absolute atomic E-state index is 5.95. The van der Waals surface area contributed by atoms with Crippen LogP contribution in [0.1, 0.15) is 5.69 Å². The van der Waals surface area contributed by atoms with E-state index in [1.807, 2.05) is 30.1 Å². The molecular formula is C11H11ClN4. The van der Waals surface area contributed by atoms with E-state index in [0.29, 0.717) is 17.5 Å². The Labute approximate surface area is 98.9 Å². The van der Waals surface area contributed by atoms with Crippen LogP contribution in [0.4, 0.5) is 5.82 Å². The minimum absolute atomic E-state index is 0.404. The molecule has 0 spiro atoms. The summed E-state index contributed by atoms with van der Waals surface area (Å²) in [6.45, 7) is 0.652. The zero-order valence-electron chi connectivity index (χ0n) is 8.84. The number of rotatable bonds is 3. The van der Waals surface area contributed by atoms with Gasteiger partial charge in [0, 0.05) is 25.6 Å². The van der Waals surface area contributed by atoms with E-state index in [1.165, 1.54) is 0 Å². The Morgan fingerprint density at radius 2 is 1.94 bits per heavy atom. The van der Waals surface area contributed by atoms with Gasteiger partial charge in [-0.2, -0.15) is 0 Å². The molecule has 0 aliphatic rings. The number of anilines is 1. The van der Waals surface area contributed by atoms with Crippen molar-refractivity contribution in [2.24, 2.45) is 0 Å². The van der Waals surface area contributed by atoms with Crippen LogP contribution in [0, 0.1) is 0 Å². The molecule has 0 bridgehead atoms. The number of halogens is 1. The van der Waals surface area contributed by atoms with Crippen LogP contribution in [-0.2, 0) is 6.54 Å². The molecule has 2 heterocycles. The summed E-state index contributed by atoms with van der Waals surface area (Å²) in [6.07, 6.45) is 4.96. The Morgan fingerprint density at radius 3 is 2.62 bits per heavy atom. The molecule has 16 heavy (non-hydrogen) atoms. The summed E-state index contributed by atoms with van der Waals surface area (Å²) < 4.78 is 0. The van der Waals surface area contributed by atoms with Gasteiger partial charge in [0.2, 0.25) is 0 Å². The summed E-state index contributed by atoms with van der Waals surface area (Å²) in [5.74, 6) is 0.662. The highest BCUT2D eigenvalue weighted by molar-refractivity contribution is 6.31. The van der Waals surface area contributed by atoms with E-state index < -0.39 is 0 Å². The molecule has 2 aromatic rings. The van der Waals surface area contributed by atoms with Gasteiger partial charge in [0.1, 0.15) is 0 Å². The maximum Gasteiger partial charge on any atom is 0.171 e. The first-order valence-corrected chi connectivity index (χ1v) is 5.22. The standard InChI is InChI=1S/C11H11ClN4/c1-16(8-9-4-2-3-5-13-9)11-10(12)14-6-7-15-11/h2-7H,8H2,1H3. The van der Waals surface area contributed by atoms with Crippen molar-refractivity contribution in [3.63, 3.8) is 0 Å². The second kappa shape index (κ2) is 4.90. The first kappa shape index (κ1) is 10.8. The number of nitrogens with zero attached hydrogens (tertiary/aromatic N) is 4. The molecule has 0 saturated heterocycles. The normalized spacial score (nSPS) is 10.1. The minimum Gasteiger partial charge on any atom is -0.351 e. The van der Waals surface area contributed by atoms with E-state index >= 15 is 0 Å². The molecular weight excluding hydrogens is 224 g/mol. The van der Waals surface area contributed by atoms with Gasteiger partial charge >= 0.3 is 0 Å². The molecule has 82 valence electrons. The smallest absolute Gasteiger partial charge is 0.171 e. The zero-order valence-corrected chi connectivity index (χ0v) is 9.59. The van der Waals surface area contributed by atoms with Gasteiger partial charge in [-0.1, -0.05) is 17.7 Å². The molecule has 5 heteroatoms. The number of hydrogen-bond donors (Lipinski definition) is 0. The van der Waals surface area contributed by atoms with Crippen LogP contribution in [0.3, 0.4) is 0 Å². The molecule has 0 aromatic carbocycles. The van der Waals surface area contributed by atoms with Crippen LogP contribution < -0.4 is 4.90 Å². The predicted octanol–water partition coefficient (Wildman–Crippen LogP) is 2.16. The van der Waals surface area contributed by atoms with Crippen molar-refractivity contribution in [3.8, 4) is 0 Å². The molecule has 0 aliphatic carbocycles. The van der Waals surface area contributed by atoms with Gasteiger partial charge in [0.25, 0.3) is 0 Å². The molecule has 2 aromatic heterocycles. The van der Waals surface area contributed by atoms with Crippen molar-refractivity contribution >= 4 is 17.4 Å². The quantitative estimate of drug-likeness (QED) is 0.816. The highest BCUT2D eigenvalue weighted by Gasteiger charge is 2.08. The van der Waals surface area contributed by atoms with Crippen molar-refractivity contribution in [3.05, 3.63) is 47.6 Å². The van der Waals surface area contributed by atoms with Crippen molar-refractivity contribution in [2.45, 2.75) is 6.54 Å². The van der Waals surface area contributed by atoms with Gasteiger partial charge in [0.15, 0.2) is 11.0 Å². The topological polar surface area (TPSA) is 41.9 Å². The summed E-state index contributed by atoms with van der Waals surface area (Å²) in [4.78, 5) is 14.3. The Kier molecular flexibility index (Phi) is 3.31. The lowest BCUT2D eigenvalue weighted by Gasteiger charge is -2.17. The summed E-state index contributed by atoms with van der Waals surface area (Å²) in [7, 11) is 1.91. The number of hydrogen-bond acceptors (Lipinski definition) is 4. The lowest BCUT2D eigenvalue weighted by molar-refractivity contribution is 0.860. The first-order chi connectivity index (χ1) is 7.77. The summed E-state index contributed by atoms with van der Waals surface area (Å²) in [6, 6.07) is 5.80. The number of aromatic nitrogens is 3. The van der Waals surface area contributed by atoms with Gasteiger partial charge in [-0.3, -0.25) is 4.98 Å². The van der Waals surface area contributed by atoms with Crippen LogP contribution in [0.5, 0.6) is 0 Å². The van der Waals surface area contributed by atoms with Crippen molar-refractivity contribution in [2.75, 3.05) is 11.9 Å². The summed E-state index contributed by atoms with van der Waals surface area (Å²) in [5.41, 5.74) is 0.965. The summed E-state index contributed by atoms with van der Waals surface area (Å²) in [5, 5.41) is 0.404. The number of pyridine rings is 1. The van der Waals surface area contributed by atoms with Crippen molar-refractivity contribution in [1.29, 1.82) is 0 Å². The van der Waals surface area contributed by atoms with Crippen molar-refractivity contribution in [1.82, 2.24) is 15.0 Å². The fourth-order valence-corrected chi connectivity index (χ4v) is 1.63. The van der Waals surface area contributed by atoms with Gasteiger partial charge < -0.3 is 4.90 Å². The third-order valence-corrected chi connectivity index (χ3v) is 2.39. The van der Waals surface area contributed by atoms with Crippen molar-refractivity contribution < 1.29 is 0 Å². The second-order valence-corrected chi connectivity index (χ2v) is 3.71. The highest BCUT2D eigenvalue weighted by atomic mass is 35.5. The lowest BCUT2D eigenvalue weighted by atomic mass is 10.3. The van der Waals surface area contributed by atoms with Crippen LogP contribution in [0.2, 0.25) is 5.15 Å². The van der Waals surface area contributed by atoms with Crippen LogP contribution in [0.15, 0.2) is 36.8 Å². The van der Waals surface area contributed by atoms with E-state index in [4.69, 9.17) is 11.6 Å². The molecule has 0 amide bonds. The predicted molar refractivity (Wildman–Crippen MR) is 63.4 cm³/mol. The Bertz CT molecular complexity index is 461. The SMILES string of the molecule is CN(Cc1ccccn1)c1nccnc1Cl. The minimum atomic E-state index is 0.404. The van der Waals surface area contributed by atoms with E-state index in [2.05, 4.69) is 15.0 Å². The maximum atomic E-state index is 5.95. The Morgan fingerprint density at radius 1 is 1.12 bits per heavy atom. The molecule has 0 unspecified atom stereocenters. The third-order valence-electron chi connectivity index (χ3n) is 2.12. The average Bonchev–Trinajstić information content (AvgIpc) is 2.31. The van der Waals surface area contributed by atoms with Gasteiger partial charge in [-0.05, 0) is 12.1 Å². The van der Waals surface area contributed by atoms with E-state index in [1.54, 1.807) is 18.6 Å². The average molecular weight is 235 g/mol. The Hall–Kier alpha value is -1.68. The largest absolute Gasteiger partial charge is 0.351 e. The highest BCUT2D eigenvalue weighted by Crippen LogP contribution is 2.19. The molecule has 0 aliphatic heterocycles. The molecule has 0 N–H and O–H groups in total. The summed E-state index contributed by atoms with van der Waals surface area (Å²) >= 11 is 5.95. The fourth-order valence-electron chi connectivity index (χ4n) is 1.38. The molecule has 0 fully saturated rings. The van der Waals surface area contributed by atoms with E-state index in [0.717, 1.165) is 5.69 Å². The molecule has 4 nitrogen and oxygen atoms in total. The molecule has 0 atom stereocenters. The van der Waals surface area contributed by atoms with Crippen LogP contribution in [-0.4, -0.2) is 22.0 Å². The first-order valence-electron chi connectivity index (χ1n) is 4.85. The van der Waals surface area contributed by atoms with Gasteiger partial charge in [-0.25, -0.2) is 9.97 Å². The van der Waals surface area contributed by atoms with E-state index in [9.17, 15) is 0 Å².